The van der Waals surface area contributed by atoms with Gasteiger partial charge in [-0.25, -0.2) is 0 Å². The van der Waals surface area contributed by atoms with E-state index in [9.17, 15) is 4.79 Å². The maximum absolute atomic E-state index is 11.2. The lowest BCUT2D eigenvalue weighted by Gasteiger charge is -2.03. The molecule has 0 radical (unpaired) electrons. The molecule has 0 rings (SSSR count). The van der Waals surface area contributed by atoms with Crippen LogP contribution in [0, 0.1) is 5.92 Å². The van der Waals surface area contributed by atoms with Crippen molar-refractivity contribution in [2.45, 2.75) is 46.0 Å². The van der Waals surface area contributed by atoms with E-state index in [-0.39, 0.29) is 0 Å². The maximum Gasteiger partial charge on any atom is 0.132 e. The third kappa shape index (κ3) is 9.54. The highest BCUT2D eigenvalue weighted by Crippen LogP contribution is 2.08. The lowest BCUT2D eigenvalue weighted by molar-refractivity contribution is -0.119. The Morgan fingerprint density at radius 2 is 1.85 bits per heavy atom. The molecule has 0 bridgehead atoms. The summed E-state index contributed by atoms with van der Waals surface area (Å²) >= 11 is 0. The van der Waals surface area contributed by atoms with E-state index < -0.39 is 0 Å². The van der Waals surface area contributed by atoms with E-state index in [0.717, 1.165) is 25.7 Å². The van der Waals surface area contributed by atoms with Crippen molar-refractivity contribution in [3.8, 4) is 0 Å². The van der Waals surface area contributed by atoms with Gasteiger partial charge < -0.3 is 4.74 Å². The monoisotopic (exact) mass is 186 g/mol. The molecule has 0 aliphatic carbocycles. The number of carbonyl (C=O) groups is 1. The van der Waals surface area contributed by atoms with E-state index in [0.29, 0.717) is 24.7 Å². The van der Waals surface area contributed by atoms with Crippen molar-refractivity contribution < 1.29 is 9.53 Å². The van der Waals surface area contributed by atoms with E-state index in [1.54, 1.807) is 7.11 Å². The van der Waals surface area contributed by atoms with Crippen molar-refractivity contribution in [2.24, 2.45) is 5.92 Å². The van der Waals surface area contributed by atoms with E-state index in [2.05, 4.69) is 13.8 Å². The van der Waals surface area contributed by atoms with Crippen molar-refractivity contribution in [3.63, 3.8) is 0 Å². The average Bonchev–Trinajstić information content (AvgIpc) is 2.04. The van der Waals surface area contributed by atoms with Crippen LogP contribution in [0.25, 0.3) is 0 Å². The summed E-state index contributed by atoms with van der Waals surface area (Å²) in [5.74, 6) is 1.10. The summed E-state index contributed by atoms with van der Waals surface area (Å²) in [6, 6.07) is 0. The highest BCUT2D eigenvalue weighted by atomic mass is 16.5. The SMILES string of the molecule is COCCCC(=O)CCCC(C)C. The fourth-order valence-electron chi connectivity index (χ4n) is 1.25. The summed E-state index contributed by atoms with van der Waals surface area (Å²) < 4.78 is 4.88. The second-order valence-electron chi connectivity index (χ2n) is 3.92. The first-order valence-corrected chi connectivity index (χ1v) is 5.17. The third-order valence-corrected chi connectivity index (χ3v) is 2.04. The number of Topliss-reactive ketones (excluding diaryl/α,β-unsaturated/α-hetero) is 1. The molecule has 0 aromatic carbocycles. The zero-order valence-corrected chi connectivity index (χ0v) is 9.14. The molecule has 0 aliphatic heterocycles. The van der Waals surface area contributed by atoms with Gasteiger partial charge in [-0.15, -0.1) is 0 Å². The Kier molecular flexibility index (Phi) is 8.00. The Labute approximate surface area is 81.7 Å². The van der Waals surface area contributed by atoms with Crippen molar-refractivity contribution >= 4 is 5.78 Å². The summed E-state index contributed by atoms with van der Waals surface area (Å²) in [4.78, 5) is 11.2. The molecule has 0 N–H and O–H groups in total. The standard InChI is InChI=1S/C11H22O2/c1-10(2)6-4-7-11(12)8-5-9-13-3/h10H,4-9H2,1-3H3. The number of carbonyl (C=O) groups excluding carboxylic acids is 1. The lowest BCUT2D eigenvalue weighted by Crippen LogP contribution is -2.01. The van der Waals surface area contributed by atoms with Gasteiger partial charge in [0, 0.05) is 26.6 Å². The zero-order valence-electron chi connectivity index (χ0n) is 9.14. The van der Waals surface area contributed by atoms with Crippen LogP contribution >= 0.6 is 0 Å². The molecule has 78 valence electrons. The molecule has 0 aromatic heterocycles. The van der Waals surface area contributed by atoms with Gasteiger partial charge in [-0.3, -0.25) is 4.79 Å². The number of hydrogen-bond acceptors (Lipinski definition) is 2. The minimum atomic E-state index is 0.387. The number of hydrogen-bond donors (Lipinski definition) is 0. The van der Waals surface area contributed by atoms with Crippen molar-refractivity contribution in [1.29, 1.82) is 0 Å². The summed E-state index contributed by atoms with van der Waals surface area (Å²) in [5, 5.41) is 0. The molecule has 2 heteroatoms. The van der Waals surface area contributed by atoms with Gasteiger partial charge in [0.15, 0.2) is 0 Å². The Balaban J connectivity index is 3.20. The Bertz CT molecular complexity index is 130. The minimum absolute atomic E-state index is 0.387. The summed E-state index contributed by atoms with van der Waals surface area (Å²) in [7, 11) is 1.67. The first kappa shape index (κ1) is 12.6. The Hall–Kier alpha value is -0.370. The van der Waals surface area contributed by atoms with Gasteiger partial charge in [-0.05, 0) is 18.8 Å². The van der Waals surface area contributed by atoms with E-state index in [1.165, 1.54) is 0 Å². The van der Waals surface area contributed by atoms with Crippen LogP contribution in [0.4, 0.5) is 0 Å². The van der Waals surface area contributed by atoms with Gasteiger partial charge in [0.1, 0.15) is 5.78 Å². The molecule has 0 atom stereocenters. The van der Waals surface area contributed by atoms with E-state index >= 15 is 0 Å². The largest absolute Gasteiger partial charge is 0.385 e. The van der Waals surface area contributed by atoms with Crippen molar-refractivity contribution in [2.75, 3.05) is 13.7 Å². The molecule has 2 nitrogen and oxygen atoms in total. The molecule has 0 spiro atoms. The average molecular weight is 186 g/mol. The number of methoxy groups -OCH3 is 1. The maximum atomic E-state index is 11.2. The smallest absolute Gasteiger partial charge is 0.132 e. The summed E-state index contributed by atoms with van der Waals surface area (Å²) in [6.07, 6.45) is 4.52. The first-order valence-electron chi connectivity index (χ1n) is 5.17. The van der Waals surface area contributed by atoms with Gasteiger partial charge in [-0.1, -0.05) is 20.3 Å². The van der Waals surface area contributed by atoms with Crippen LogP contribution in [-0.4, -0.2) is 19.5 Å². The predicted octanol–water partition coefficient (Wildman–Crippen LogP) is 2.81. The lowest BCUT2D eigenvalue weighted by atomic mass is 10.0. The first-order chi connectivity index (χ1) is 6.16. The molecule has 0 fully saturated rings. The normalized spacial score (nSPS) is 10.8. The highest BCUT2D eigenvalue weighted by molar-refractivity contribution is 5.78. The molecule has 0 unspecified atom stereocenters. The minimum Gasteiger partial charge on any atom is -0.385 e. The molecule has 13 heavy (non-hydrogen) atoms. The molecule has 0 saturated carbocycles. The van der Waals surface area contributed by atoms with Gasteiger partial charge in [0.05, 0.1) is 0 Å². The zero-order chi connectivity index (χ0) is 10.1. The summed E-state index contributed by atoms with van der Waals surface area (Å²) in [5.41, 5.74) is 0. The fraction of sp³-hybridized carbons (Fsp3) is 0.909. The van der Waals surface area contributed by atoms with Crippen LogP contribution in [0.15, 0.2) is 0 Å². The molecule has 0 saturated heterocycles. The fourth-order valence-corrected chi connectivity index (χ4v) is 1.25. The van der Waals surface area contributed by atoms with Gasteiger partial charge in [0.25, 0.3) is 0 Å². The van der Waals surface area contributed by atoms with Crippen LogP contribution in [0.5, 0.6) is 0 Å². The third-order valence-electron chi connectivity index (χ3n) is 2.04. The van der Waals surface area contributed by atoms with Gasteiger partial charge >= 0.3 is 0 Å². The molecular weight excluding hydrogens is 164 g/mol. The highest BCUT2D eigenvalue weighted by Gasteiger charge is 2.02. The molecule has 0 amide bonds. The van der Waals surface area contributed by atoms with Crippen molar-refractivity contribution in [1.82, 2.24) is 0 Å². The topological polar surface area (TPSA) is 26.3 Å². The van der Waals surface area contributed by atoms with Crippen LogP contribution in [-0.2, 0) is 9.53 Å². The van der Waals surface area contributed by atoms with Crippen LogP contribution in [0.1, 0.15) is 46.0 Å². The Morgan fingerprint density at radius 1 is 1.23 bits per heavy atom. The molecular formula is C11H22O2. The summed E-state index contributed by atoms with van der Waals surface area (Å²) in [6.45, 7) is 5.08. The van der Waals surface area contributed by atoms with Gasteiger partial charge in [0.2, 0.25) is 0 Å². The predicted molar refractivity (Wildman–Crippen MR) is 54.8 cm³/mol. The second kappa shape index (κ2) is 8.24. The second-order valence-corrected chi connectivity index (χ2v) is 3.92. The van der Waals surface area contributed by atoms with Crippen LogP contribution in [0.2, 0.25) is 0 Å². The molecule has 0 heterocycles. The quantitative estimate of drug-likeness (QED) is 0.545. The van der Waals surface area contributed by atoms with Crippen LogP contribution in [0.3, 0.4) is 0 Å². The van der Waals surface area contributed by atoms with Crippen LogP contribution < -0.4 is 0 Å². The van der Waals surface area contributed by atoms with E-state index in [4.69, 9.17) is 4.74 Å². The number of rotatable bonds is 8. The number of ether oxygens (including phenoxy) is 1. The Morgan fingerprint density at radius 3 is 2.38 bits per heavy atom. The van der Waals surface area contributed by atoms with Gasteiger partial charge in [-0.2, -0.15) is 0 Å². The molecule has 0 aliphatic rings. The molecule has 0 aromatic rings. The number of ketones is 1. The van der Waals surface area contributed by atoms with E-state index in [1.807, 2.05) is 0 Å². The van der Waals surface area contributed by atoms with Crippen molar-refractivity contribution in [3.05, 3.63) is 0 Å².